The zero-order valence-corrected chi connectivity index (χ0v) is 29.1. The summed E-state index contributed by atoms with van der Waals surface area (Å²) in [5, 5.41) is 0. The number of nitrogens with two attached hydrogens (primary N) is 4. The minimum atomic E-state index is -4.12. The van der Waals surface area contributed by atoms with Crippen LogP contribution in [0.15, 0.2) is 58.3 Å². The molecule has 0 aliphatic heterocycles. The van der Waals surface area contributed by atoms with Crippen LogP contribution >= 0.6 is 23.2 Å². The van der Waals surface area contributed by atoms with Gasteiger partial charge in [-0.2, -0.15) is 0 Å². The van der Waals surface area contributed by atoms with Gasteiger partial charge in [0.15, 0.2) is 12.1 Å². The first-order valence-electron chi connectivity index (χ1n) is 13.9. The smallest absolute Gasteiger partial charge is 0.343 e. The summed E-state index contributed by atoms with van der Waals surface area (Å²) in [6.07, 6.45) is 1.70. The van der Waals surface area contributed by atoms with Gasteiger partial charge in [0.05, 0.1) is 9.79 Å². The van der Waals surface area contributed by atoms with Crippen molar-refractivity contribution in [3.05, 3.63) is 59.7 Å². The highest BCUT2D eigenvalue weighted by Crippen LogP contribution is 2.29. The molecule has 0 aliphatic carbocycles. The molecular formula is C29H44Cl2N4O9S2. The maximum Gasteiger partial charge on any atom is 0.343 e. The van der Waals surface area contributed by atoms with Crippen LogP contribution < -0.4 is 22.9 Å². The highest BCUT2D eigenvalue weighted by atomic mass is 35.5. The fourth-order valence-corrected chi connectivity index (χ4v) is 7.37. The SMILES string of the molecule is C=O.Cc1ccc(S(=O)(=O)[C@](N)(CCCCN)C(=O)OCCl)cc1.Cc1ccc(S(=O)(=O)[C@](N)(CCCCN)C(=O)OCCl)cc1. The van der Waals surface area contributed by atoms with Crippen LogP contribution in [-0.4, -0.2) is 70.5 Å². The van der Waals surface area contributed by atoms with E-state index in [9.17, 15) is 26.4 Å². The van der Waals surface area contributed by atoms with Crippen molar-refractivity contribution in [1.29, 1.82) is 0 Å². The lowest BCUT2D eigenvalue weighted by Gasteiger charge is -2.26. The number of aryl methyl sites for hydroxylation is 2. The van der Waals surface area contributed by atoms with Gasteiger partial charge < -0.3 is 37.2 Å². The molecule has 0 spiro atoms. The summed E-state index contributed by atoms with van der Waals surface area (Å²) in [6.45, 7) is 6.42. The molecule has 46 heavy (non-hydrogen) atoms. The van der Waals surface area contributed by atoms with E-state index in [1.165, 1.54) is 24.3 Å². The summed E-state index contributed by atoms with van der Waals surface area (Å²) in [7, 11) is -8.23. The fourth-order valence-electron chi connectivity index (χ4n) is 3.96. The molecule has 0 bridgehead atoms. The fraction of sp³-hybridized carbons (Fsp3) is 0.483. The molecule has 17 heteroatoms. The van der Waals surface area contributed by atoms with E-state index >= 15 is 0 Å². The Morgan fingerprint density at radius 1 is 0.652 bits per heavy atom. The molecule has 2 rings (SSSR count). The quantitative estimate of drug-likeness (QED) is 0.110. The maximum atomic E-state index is 12.8. The number of sulfone groups is 2. The Balaban J connectivity index is 0.000000835. The molecule has 0 fully saturated rings. The van der Waals surface area contributed by atoms with Crippen molar-refractivity contribution in [3.63, 3.8) is 0 Å². The number of carbonyl (C=O) groups is 3. The largest absolute Gasteiger partial charge is 0.447 e. The van der Waals surface area contributed by atoms with Crippen molar-refractivity contribution in [2.24, 2.45) is 22.9 Å². The first-order chi connectivity index (χ1) is 21.6. The van der Waals surface area contributed by atoms with Crippen LogP contribution in [-0.2, 0) is 43.5 Å². The summed E-state index contributed by atoms with van der Waals surface area (Å²) >= 11 is 10.7. The highest BCUT2D eigenvalue weighted by molar-refractivity contribution is 7.94. The predicted molar refractivity (Wildman–Crippen MR) is 177 cm³/mol. The highest BCUT2D eigenvalue weighted by Gasteiger charge is 2.50. The number of alkyl halides is 2. The van der Waals surface area contributed by atoms with Crippen LogP contribution in [0, 0.1) is 13.8 Å². The standard InChI is InChI=1S/2C14H21ClN2O4S.CH2O/c2*1-11-4-6-12(7-5-11)22(19,20)14(17,8-2-3-9-16)13(18)21-10-15;1-2/h2*4-7H,2-3,8-10,16-17H2,1H3;1H2/t2*14-;/m11./s1. The summed E-state index contributed by atoms with van der Waals surface area (Å²) in [5.74, 6) is -2.11. The molecule has 8 N–H and O–H groups in total. The molecule has 0 radical (unpaired) electrons. The normalized spacial score (nSPS) is 13.8. The van der Waals surface area contributed by atoms with Gasteiger partial charge in [0, 0.05) is 0 Å². The van der Waals surface area contributed by atoms with E-state index in [4.69, 9.17) is 50.9 Å². The number of carbonyl (C=O) groups excluding carboxylic acids is 3. The lowest BCUT2D eigenvalue weighted by Crippen LogP contribution is -2.55. The second kappa shape index (κ2) is 20.6. The Morgan fingerprint density at radius 3 is 1.17 bits per heavy atom. The zero-order valence-electron chi connectivity index (χ0n) is 26.0. The van der Waals surface area contributed by atoms with Gasteiger partial charge in [-0.05, 0) is 89.7 Å². The summed E-state index contributed by atoms with van der Waals surface area (Å²) in [5.41, 5.74) is 24.5. The Labute approximate surface area is 281 Å². The average Bonchev–Trinajstić information content (AvgIpc) is 3.03. The van der Waals surface area contributed by atoms with Gasteiger partial charge in [-0.25, -0.2) is 26.4 Å². The predicted octanol–water partition coefficient (Wildman–Crippen LogP) is 2.40. The topological polar surface area (TPSA) is 242 Å². The molecule has 0 saturated carbocycles. The number of esters is 2. The Bertz CT molecular complexity index is 1340. The second-order valence-electron chi connectivity index (χ2n) is 9.99. The minimum absolute atomic E-state index is 0.0279. The van der Waals surface area contributed by atoms with Crippen LogP contribution in [0.5, 0.6) is 0 Å². The molecule has 0 heterocycles. The lowest BCUT2D eigenvalue weighted by molar-refractivity contribution is -0.145. The molecule has 2 aromatic rings. The van der Waals surface area contributed by atoms with Crippen molar-refractivity contribution in [1.82, 2.24) is 0 Å². The number of benzene rings is 2. The van der Waals surface area contributed by atoms with Crippen LogP contribution in [0.2, 0.25) is 0 Å². The minimum Gasteiger partial charge on any atom is -0.447 e. The van der Waals surface area contributed by atoms with Gasteiger partial charge in [0.1, 0.15) is 6.79 Å². The van der Waals surface area contributed by atoms with E-state index in [0.29, 0.717) is 38.8 Å². The molecule has 13 nitrogen and oxygen atoms in total. The molecule has 0 aliphatic rings. The van der Waals surface area contributed by atoms with E-state index in [-0.39, 0.29) is 22.6 Å². The maximum absolute atomic E-state index is 12.8. The molecule has 2 atom stereocenters. The van der Waals surface area contributed by atoms with Crippen molar-refractivity contribution in [2.75, 3.05) is 25.2 Å². The zero-order chi connectivity index (χ0) is 35.6. The van der Waals surface area contributed by atoms with E-state index in [2.05, 4.69) is 9.47 Å². The third kappa shape index (κ3) is 11.3. The first-order valence-corrected chi connectivity index (χ1v) is 18.0. The van der Waals surface area contributed by atoms with E-state index in [1.54, 1.807) is 24.3 Å². The average molecular weight is 728 g/mol. The van der Waals surface area contributed by atoms with Gasteiger partial charge in [0.25, 0.3) is 0 Å². The molecular weight excluding hydrogens is 683 g/mol. The second-order valence-corrected chi connectivity index (χ2v) is 14.8. The molecule has 0 aromatic heterocycles. The van der Waals surface area contributed by atoms with Gasteiger partial charge in [-0.1, -0.05) is 58.6 Å². The number of hydrogen-bond acceptors (Lipinski definition) is 13. The van der Waals surface area contributed by atoms with Crippen LogP contribution in [0.3, 0.4) is 0 Å². The van der Waals surface area contributed by atoms with Gasteiger partial charge in [-0.15, -0.1) is 0 Å². The van der Waals surface area contributed by atoms with Crippen LogP contribution in [0.25, 0.3) is 0 Å². The number of halogens is 2. The van der Waals surface area contributed by atoms with Gasteiger partial charge >= 0.3 is 11.9 Å². The number of ether oxygens (including phenoxy) is 2. The Kier molecular flexibility index (Phi) is 19.4. The van der Waals surface area contributed by atoms with Crippen LogP contribution in [0.1, 0.15) is 49.7 Å². The monoisotopic (exact) mass is 726 g/mol. The van der Waals surface area contributed by atoms with Crippen molar-refractivity contribution < 1.29 is 40.7 Å². The summed E-state index contributed by atoms with van der Waals surface area (Å²) in [4.78, 5) is 27.8. The number of rotatable bonds is 16. The van der Waals surface area contributed by atoms with E-state index in [1.807, 2.05) is 20.6 Å². The number of hydrogen-bond donors (Lipinski definition) is 4. The van der Waals surface area contributed by atoms with E-state index < -0.39 is 53.5 Å². The van der Waals surface area contributed by atoms with Crippen molar-refractivity contribution in [2.45, 2.75) is 71.9 Å². The molecule has 260 valence electrons. The van der Waals surface area contributed by atoms with Gasteiger partial charge in [-0.3, -0.25) is 0 Å². The molecule has 0 amide bonds. The van der Waals surface area contributed by atoms with E-state index in [0.717, 1.165) is 11.1 Å². The molecule has 0 unspecified atom stereocenters. The third-order valence-electron chi connectivity index (χ3n) is 6.69. The molecule has 2 aromatic carbocycles. The summed E-state index contributed by atoms with van der Waals surface area (Å²) in [6, 6.07) is 11.3. The summed E-state index contributed by atoms with van der Waals surface area (Å²) < 4.78 is 60.4. The van der Waals surface area contributed by atoms with Crippen molar-refractivity contribution in [3.8, 4) is 0 Å². The first kappa shape index (κ1) is 43.4. The Hall–Kier alpha value is -2.63. The third-order valence-corrected chi connectivity index (χ3v) is 11.4. The van der Waals surface area contributed by atoms with Crippen LogP contribution in [0.4, 0.5) is 0 Å². The number of unbranched alkanes of at least 4 members (excludes halogenated alkanes) is 2. The van der Waals surface area contributed by atoms with Crippen molar-refractivity contribution >= 4 is 61.6 Å². The Morgan fingerprint density at radius 2 is 0.935 bits per heavy atom. The van der Waals surface area contributed by atoms with Gasteiger partial charge in [0.2, 0.25) is 29.4 Å². The molecule has 0 saturated heterocycles. The lowest BCUT2D eigenvalue weighted by atomic mass is 10.1.